The Morgan fingerprint density at radius 3 is 2.88 bits per heavy atom. The average molecular weight is 241 g/mol. The molecule has 0 radical (unpaired) electrons. The standard InChI is InChI=1S/C12H17ClN2O/c1-9(2)6-11(13)8-15-12(16)10-4-3-5-14-7-10/h3-5,7,9,11H,6,8H2,1-2H3,(H,15,16). The maximum absolute atomic E-state index is 11.6. The first-order chi connectivity index (χ1) is 7.59. The van der Waals surface area contributed by atoms with Crippen molar-refractivity contribution in [1.29, 1.82) is 0 Å². The average Bonchev–Trinajstić information content (AvgIpc) is 2.26. The lowest BCUT2D eigenvalue weighted by Gasteiger charge is -2.12. The van der Waals surface area contributed by atoms with Gasteiger partial charge in [-0.25, -0.2) is 0 Å². The van der Waals surface area contributed by atoms with Crippen molar-refractivity contribution in [2.75, 3.05) is 6.54 Å². The summed E-state index contributed by atoms with van der Waals surface area (Å²) in [6.45, 7) is 4.71. The number of pyridine rings is 1. The van der Waals surface area contributed by atoms with Crippen molar-refractivity contribution in [3.63, 3.8) is 0 Å². The van der Waals surface area contributed by atoms with Crippen molar-refractivity contribution >= 4 is 17.5 Å². The fourth-order valence-corrected chi connectivity index (χ4v) is 1.83. The third kappa shape index (κ3) is 4.62. The topological polar surface area (TPSA) is 42.0 Å². The molecule has 4 heteroatoms. The van der Waals surface area contributed by atoms with Gasteiger partial charge in [-0.2, -0.15) is 0 Å². The van der Waals surface area contributed by atoms with Crippen molar-refractivity contribution in [2.45, 2.75) is 25.6 Å². The van der Waals surface area contributed by atoms with E-state index in [1.165, 1.54) is 0 Å². The highest BCUT2D eigenvalue weighted by Crippen LogP contribution is 2.09. The van der Waals surface area contributed by atoms with Crippen LogP contribution in [0.25, 0.3) is 0 Å². The van der Waals surface area contributed by atoms with Crippen LogP contribution in [0.15, 0.2) is 24.5 Å². The first kappa shape index (κ1) is 13.0. The van der Waals surface area contributed by atoms with Crippen molar-refractivity contribution in [3.8, 4) is 0 Å². The Kier molecular flexibility index (Phi) is 5.26. The summed E-state index contributed by atoms with van der Waals surface area (Å²) in [6.07, 6.45) is 4.08. The molecule has 0 aliphatic carbocycles. The van der Waals surface area contributed by atoms with E-state index in [0.717, 1.165) is 6.42 Å². The number of aromatic nitrogens is 1. The second kappa shape index (κ2) is 6.48. The van der Waals surface area contributed by atoms with Gasteiger partial charge in [-0.1, -0.05) is 13.8 Å². The van der Waals surface area contributed by atoms with Gasteiger partial charge >= 0.3 is 0 Å². The van der Waals surface area contributed by atoms with E-state index in [9.17, 15) is 4.79 Å². The van der Waals surface area contributed by atoms with Crippen LogP contribution < -0.4 is 5.32 Å². The third-order valence-corrected chi connectivity index (χ3v) is 2.47. The molecule has 0 fully saturated rings. The Balaban J connectivity index is 2.36. The molecule has 0 aliphatic heterocycles. The van der Waals surface area contributed by atoms with Crippen LogP contribution in [-0.2, 0) is 0 Å². The molecule has 3 nitrogen and oxygen atoms in total. The van der Waals surface area contributed by atoms with Crippen LogP contribution in [0.4, 0.5) is 0 Å². The Hall–Kier alpha value is -1.09. The normalized spacial score (nSPS) is 12.5. The van der Waals surface area contributed by atoms with Gasteiger partial charge in [0.2, 0.25) is 0 Å². The molecule has 1 amide bonds. The fourth-order valence-electron chi connectivity index (χ4n) is 1.40. The first-order valence-corrected chi connectivity index (χ1v) is 5.85. The molecule has 0 bridgehead atoms. The molecule has 1 N–H and O–H groups in total. The lowest BCUT2D eigenvalue weighted by atomic mass is 10.1. The highest BCUT2D eigenvalue weighted by molar-refractivity contribution is 6.20. The molecular weight excluding hydrogens is 224 g/mol. The van der Waals surface area contributed by atoms with Gasteiger partial charge < -0.3 is 5.32 Å². The molecule has 1 heterocycles. The minimum absolute atomic E-state index is 0.0133. The monoisotopic (exact) mass is 240 g/mol. The number of amides is 1. The van der Waals surface area contributed by atoms with E-state index in [1.807, 2.05) is 0 Å². The summed E-state index contributed by atoms with van der Waals surface area (Å²) in [5, 5.41) is 2.78. The zero-order chi connectivity index (χ0) is 12.0. The Labute approximate surface area is 101 Å². The molecule has 1 aromatic rings. The summed E-state index contributed by atoms with van der Waals surface area (Å²) in [5.41, 5.74) is 0.566. The first-order valence-electron chi connectivity index (χ1n) is 5.42. The minimum Gasteiger partial charge on any atom is -0.351 e. The van der Waals surface area contributed by atoms with Crippen molar-refractivity contribution in [1.82, 2.24) is 10.3 Å². The highest BCUT2D eigenvalue weighted by Gasteiger charge is 2.10. The van der Waals surface area contributed by atoms with Crippen LogP contribution in [0.5, 0.6) is 0 Å². The summed E-state index contributed by atoms with van der Waals surface area (Å²) in [5.74, 6) is 0.417. The number of carbonyl (C=O) groups excluding carboxylic acids is 1. The number of hydrogen-bond donors (Lipinski definition) is 1. The number of rotatable bonds is 5. The Morgan fingerprint density at radius 2 is 2.31 bits per heavy atom. The number of carbonyl (C=O) groups is 1. The summed E-state index contributed by atoms with van der Waals surface area (Å²) in [6, 6.07) is 3.47. The van der Waals surface area contributed by atoms with Gasteiger partial charge in [0.1, 0.15) is 0 Å². The molecule has 1 unspecified atom stereocenters. The van der Waals surface area contributed by atoms with E-state index in [1.54, 1.807) is 24.5 Å². The molecular formula is C12H17ClN2O. The van der Waals surface area contributed by atoms with Gasteiger partial charge in [0, 0.05) is 18.9 Å². The predicted octanol–water partition coefficient (Wildman–Crippen LogP) is 2.46. The molecule has 0 aliphatic rings. The van der Waals surface area contributed by atoms with Gasteiger partial charge in [-0.3, -0.25) is 9.78 Å². The van der Waals surface area contributed by atoms with Crippen LogP contribution in [0.1, 0.15) is 30.6 Å². The van der Waals surface area contributed by atoms with E-state index in [-0.39, 0.29) is 11.3 Å². The van der Waals surface area contributed by atoms with Crippen LogP contribution in [0, 0.1) is 5.92 Å². The van der Waals surface area contributed by atoms with Gasteiger partial charge in [0.25, 0.3) is 5.91 Å². The van der Waals surface area contributed by atoms with Crippen molar-refractivity contribution < 1.29 is 4.79 Å². The van der Waals surface area contributed by atoms with Crippen LogP contribution in [0.3, 0.4) is 0 Å². The number of halogens is 1. The highest BCUT2D eigenvalue weighted by atomic mass is 35.5. The lowest BCUT2D eigenvalue weighted by molar-refractivity contribution is 0.0952. The van der Waals surface area contributed by atoms with E-state index in [4.69, 9.17) is 11.6 Å². The smallest absolute Gasteiger partial charge is 0.252 e. The molecule has 1 atom stereocenters. The molecule has 0 saturated heterocycles. The molecule has 16 heavy (non-hydrogen) atoms. The number of alkyl halides is 1. The molecule has 1 aromatic heterocycles. The Bertz CT molecular complexity index is 327. The van der Waals surface area contributed by atoms with E-state index >= 15 is 0 Å². The summed E-state index contributed by atoms with van der Waals surface area (Å²) >= 11 is 6.08. The maximum atomic E-state index is 11.6. The largest absolute Gasteiger partial charge is 0.351 e. The van der Waals surface area contributed by atoms with Crippen molar-refractivity contribution in [2.24, 2.45) is 5.92 Å². The summed E-state index contributed by atoms with van der Waals surface area (Å²) < 4.78 is 0. The van der Waals surface area contributed by atoms with Gasteiger partial charge in [-0.05, 0) is 24.5 Å². The van der Waals surface area contributed by atoms with E-state index < -0.39 is 0 Å². The second-order valence-electron chi connectivity index (χ2n) is 4.18. The SMILES string of the molecule is CC(C)CC(Cl)CNC(=O)c1cccnc1. The molecule has 88 valence electrons. The van der Waals surface area contributed by atoms with Crippen LogP contribution in [0.2, 0.25) is 0 Å². The van der Waals surface area contributed by atoms with Gasteiger partial charge in [0.05, 0.1) is 10.9 Å². The quantitative estimate of drug-likeness (QED) is 0.804. The fraction of sp³-hybridized carbons (Fsp3) is 0.500. The predicted molar refractivity (Wildman–Crippen MR) is 65.7 cm³/mol. The summed E-state index contributed by atoms with van der Waals surface area (Å²) in [7, 11) is 0. The van der Waals surface area contributed by atoms with Crippen LogP contribution >= 0.6 is 11.6 Å². The number of hydrogen-bond acceptors (Lipinski definition) is 2. The second-order valence-corrected chi connectivity index (χ2v) is 4.80. The van der Waals surface area contributed by atoms with Gasteiger partial charge in [-0.15, -0.1) is 11.6 Å². The number of nitrogens with one attached hydrogen (secondary N) is 1. The van der Waals surface area contributed by atoms with E-state index in [0.29, 0.717) is 18.0 Å². The summed E-state index contributed by atoms with van der Waals surface area (Å²) in [4.78, 5) is 15.5. The van der Waals surface area contributed by atoms with E-state index in [2.05, 4.69) is 24.1 Å². The third-order valence-electron chi connectivity index (χ3n) is 2.13. The van der Waals surface area contributed by atoms with Crippen molar-refractivity contribution in [3.05, 3.63) is 30.1 Å². The molecule has 1 rings (SSSR count). The van der Waals surface area contributed by atoms with Crippen LogP contribution in [-0.4, -0.2) is 22.8 Å². The zero-order valence-corrected chi connectivity index (χ0v) is 10.4. The molecule has 0 spiro atoms. The number of nitrogens with zero attached hydrogens (tertiary/aromatic N) is 1. The molecule has 0 aromatic carbocycles. The van der Waals surface area contributed by atoms with Gasteiger partial charge in [0.15, 0.2) is 0 Å². The Morgan fingerprint density at radius 1 is 1.56 bits per heavy atom. The maximum Gasteiger partial charge on any atom is 0.252 e. The minimum atomic E-state index is -0.123. The lowest BCUT2D eigenvalue weighted by Crippen LogP contribution is -2.30. The zero-order valence-electron chi connectivity index (χ0n) is 9.61. The molecule has 0 saturated carbocycles.